The third kappa shape index (κ3) is 7.44. The topological polar surface area (TPSA) is 80.3 Å². The van der Waals surface area contributed by atoms with Gasteiger partial charge in [0.2, 0.25) is 11.8 Å². The molecule has 4 aromatic rings. The number of methoxy groups -OCH3 is 1. The Morgan fingerprint density at radius 3 is 2.51 bits per heavy atom. The van der Waals surface area contributed by atoms with Crippen LogP contribution >= 0.6 is 23.1 Å². The maximum absolute atomic E-state index is 13.4. The van der Waals surface area contributed by atoms with E-state index in [1.165, 1.54) is 23.1 Å². The minimum absolute atomic E-state index is 0.0144. The third-order valence-electron chi connectivity index (χ3n) is 5.59. The molecule has 2 amide bonds. The zero-order chi connectivity index (χ0) is 26.0. The Bertz CT molecular complexity index is 1320. The summed E-state index contributed by atoms with van der Waals surface area (Å²) in [5.41, 5.74) is 3.34. The first kappa shape index (κ1) is 26.4. The molecular weight excluding hydrogens is 502 g/mol. The van der Waals surface area contributed by atoms with Gasteiger partial charge in [-0.3, -0.25) is 9.59 Å². The molecular formula is C29H29N3O3S2. The van der Waals surface area contributed by atoms with Crippen molar-refractivity contribution in [3.63, 3.8) is 0 Å². The van der Waals surface area contributed by atoms with Crippen LogP contribution in [-0.2, 0) is 9.59 Å². The number of hydrogen-bond acceptors (Lipinski definition) is 6. The van der Waals surface area contributed by atoms with Crippen LogP contribution in [0.5, 0.6) is 5.75 Å². The summed E-state index contributed by atoms with van der Waals surface area (Å²) < 4.78 is 5.31. The van der Waals surface area contributed by atoms with Crippen molar-refractivity contribution < 1.29 is 14.3 Å². The van der Waals surface area contributed by atoms with Crippen LogP contribution < -0.4 is 15.4 Å². The van der Waals surface area contributed by atoms with E-state index in [2.05, 4.69) is 22.5 Å². The van der Waals surface area contributed by atoms with Crippen molar-refractivity contribution >= 4 is 45.7 Å². The molecule has 6 nitrogen and oxygen atoms in total. The highest BCUT2D eigenvalue weighted by molar-refractivity contribution is 8.00. The van der Waals surface area contributed by atoms with Crippen LogP contribution in [0.2, 0.25) is 0 Å². The van der Waals surface area contributed by atoms with E-state index >= 15 is 0 Å². The van der Waals surface area contributed by atoms with E-state index in [1.807, 2.05) is 84.2 Å². The second kappa shape index (κ2) is 13.1. The molecule has 1 aromatic heterocycles. The lowest BCUT2D eigenvalue weighted by Crippen LogP contribution is -2.19. The van der Waals surface area contributed by atoms with Gasteiger partial charge in [-0.1, -0.05) is 55.8 Å². The van der Waals surface area contributed by atoms with Crippen LogP contribution in [0.4, 0.5) is 10.8 Å². The Labute approximate surface area is 225 Å². The average molecular weight is 532 g/mol. The summed E-state index contributed by atoms with van der Waals surface area (Å²) in [6.07, 6.45) is 2.36. The van der Waals surface area contributed by atoms with Gasteiger partial charge in [0.15, 0.2) is 5.13 Å². The van der Waals surface area contributed by atoms with Gasteiger partial charge in [0.1, 0.15) is 11.0 Å². The monoisotopic (exact) mass is 531 g/mol. The summed E-state index contributed by atoms with van der Waals surface area (Å²) in [6, 6.07) is 24.9. The second-order valence-corrected chi connectivity index (χ2v) is 10.4. The van der Waals surface area contributed by atoms with E-state index in [0.29, 0.717) is 11.6 Å². The Hall–Kier alpha value is -3.62. The maximum Gasteiger partial charge on any atom is 0.244 e. The molecule has 4 rings (SSSR count). The van der Waals surface area contributed by atoms with Gasteiger partial charge >= 0.3 is 0 Å². The van der Waals surface area contributed by atoms with Crippen LogP contribution in [0, 0.1) is 0 Å². The summed E-state index contributed by atoms with van der Waals surface area (Å²) in [6.45, 7) is 2.06. The molecule has 0 fully saturated rings. The highest BCUT2D eigenvalue weighted by atomic mass is 32.2. The van der Waals surface area contributed by atoms with E-state index in [4.69, 9.17) is 4.74 Å². The summed E-state index contributed by atoms with van der Waals surface area (Å²) in [5.74, 6) is 0.614. The number of carbonyl (C=O) groups is 2. The van der Waals surface area contributed by atoms with Crippen molar-refractivity contribution in [2.24, 2.45) is 0 Å². The smallest absolute Gasteiger partial charge is 0.244 e. The fourth-order valence-electron chi connectivity index (χ4n) is 3.63. The molecule has 37 heavy (non-hydrogen) atoms. The number of ether oxygens (including phenoxy) is 1. The summed E-state index contributed by atoms with van der Waals surface area (Å²) in [4.78, 5) is 31.0. The van der Waals surface area contributed by atoms with Gasteiger partial charge in [0.25, 0.3) is 0 Å². The number of hydrogen-bond donors (Lipinski definition) is 2. The molecule has 0 aliphatic rings. The van der Waals surface area contributed by atoms with E-state index in [0.717, 1.165) is 46.0 Å². The van der Waals surface area contributed by atoms with Gasteiger partial charge in [-0.05, 0) is 48.4 Å². The number of carbonyl (C=O) groups excluding carboxylic acids is 2. The molecule has 8 heteroatoms. The predicted octanol–water partition coefficient (Wildman–Crippen LogP) is 7.42. The van der Waals surface area contributed by atoms with Crippen molar-refractivity contribution in [3.05, 3.63) is 89.8 Å². The molecule has 0 saturated carbocycles. The van der Waals surface area contributed by atoms with Crippen LogP contribution in [0.1, 0.15) is 37.0 Å². The first-order valence-electron chi connectivity index (χ1n) is 12.1. The Kier molecular flexibility index (Phi) is 9.35. The van der Waals surface area contributed by atoms with Gasteiger partial charge in [0.05, 0.1) is 12.8 Å². The number of rotatable bonds is 11. The molecule has 3 aromatic carbocycles. The lowest BCUT2D eigenvalue weighted by molar-refractivity contribution is -0.116. The van der Waals surface area contributed by atoms with Gasteiger partial charge in [-0.2, -0.15) is 0 Å². The molecule has 0 radical (unpaired) electrons. The standard InChI is InChI=1S/C29H29N3O3S2/c1-3-4-13-26(33)30-22-14-16-24(17-15-22)37-27(20-9-6-5-7-10-20)28(34)32-29-31-25(19-36-29)21-11-8-12-23(18-21)35-2/h5-12,14-19,27H,3-4,13H2,1-2H3,(H,30,33)(H,31,32,34). The second-order valence-electron chi connectivity index (χ2n) is 8.34. The number of nitrogens with zero attached hydrogens (tertiary/aromatic N) is 1. The van der Waals surface area contributed by atoms with Crippen LogP contribution in [0.15, 0.2) is 89.1 Å². The van der Waals surface area contributed by atoms with Gasteiger partial charge < -0.3 is 15.4 Å². The fourth-order valence-corrected chi connectivity index (χ4v) is 5.38. The van der Waals surface area contributed by atoms with Crippen LogP contribution in [-0.4, -0.2) is 23.9 Å². The molecule has 190 valence electrons. The van der Waals surface area contributed by atoms with Crippen molar-refractivity contribution in [2.45, 2.75) is 36.3 Å². The molecule has 1 atom stereocenters. The Morgan fingerprint density at radius 1 is 1.00 bits per heavy atom. The van der Waals surface area contributed by atoms with E-state index < -0.39 is 5.25 Å². The minimum Gasteiger partial charge on any atom is -0.497 e. The van der Waals surface area contributed by atoms with E-state index in [9.17, 15) is 9.59 Å². The molecule has 0 bridgehead atoms. The number of benzene rings is 3. The maximum atomic E-state index is 13.4. The minimum atomic E-state index is -0.477. The van der Waals surface area contributed by atoms with E-state index in [1.54, 1.807) is 7.11 Å². The Morgan fingerprint density at radius 2 is 1.78 bits per heavy atom. The van der Waals surface area contributed by atoms with Gasteiger partial charge in [-0.25, -0.2) is 4.98 Å². The molecule has 1 unspecified atom stereocenters. The zero-order valence-corrected chi connectivity index (χ0v) is 22.4. The highest BCUT2D eigenvalue weighted by Gasteiger charge is 2.23. The first-order chi connectivity index (χ1) is 18.1. The number of amides is 2. The van der Waals surface area contributed by atoms with Crippen molar-refractivity contribution in [1.29, 1.82) is 0 Å². The third-order valence-corrected chi connectivity index (χ3v) is 7.61. The quantitative estimate of drug-likeness (QED) is 0.197. The van der Waals surface area contributed by atoms with Crippen molar-refractivity contribution in [1.82, 2.24) is 4.98 Å². The molecule has 0 saturated heterocycles. The average Bonchev–Trinajstić information content (AvgIpc) is 3.40. The number of aromatic nitrogens is 1. The zero-order valence-electron chi connectivity index (χ0n) is 20.8. The predicted molar refractivity (Wildman–Crippen MR) is 152 cm³/mol. The number of unbranched alkanes of at least 4 members (excludes halogenated alkanes) is 1. The van der Waals surface area contributed by atoms with Crippen molar-refractivity contribution in [2.75, 3.05) is 17.7 Å². The molecule has 1 heterocycles. The van der Waals surface area contributed by atoms with Crippen molar-refractivity contribution in [3.8, 4) is 17.0 Å². The molecule has 2 N–H and O–H groups in total. The lowest BCUT2D eigenvalue weighted by Gasteiger charge is -2.16. The molecule has 0 aliphatic heterocycles. The summed E-state index contributed by atoms with van der Waals surface area (Å²) >= 11 is 2.84. The van der Waals surface area contributed by atoms with Gasteiger partial charge in [-0.15, -0.1) is 23.1 Å². The lowest BCUT2D eigenvalue weighted by atomic mass is 10.1. The SMILES string of the molecule is CCCCC(=O)Nc1ccc(SC(C(=O)Nc2nc(-c3cccc(OC)c3)cs2)c2ccccc2)cc1. The number of nitrogens with one attached hydrogen (secondary N) is 2. The first-order valence-corrected chi connectivity index (χ1v) is 13.8. The molecule has 0 aliphatic carbocycles. The fraction of sp³-hybridized carbons (Fsp3) is 0.207. The number of anilines is 2. The van der Waals surface area contributed by atoms with E-state index in [-0.39, 0.29) is 11.8 Å². The molecule has 0 spiro atoms. The summed E-state index contributed by atoms with van der Waals surface area (Å²) in [5, 5.41) is 7.90. The Balaban J connectivity index is 1.47. The highest BCUT2D eigenvalue weighted by Crippen LogP contribution is 2.37. The summed E-state index contributed by atoms with van der Waals surface area (Å²) in [7, 11) is 1.63. The van der Waals surface area contributed by atoms with Crippen LogP contribution in [0.3, 0.4) is 0 Å². The van der Waals surface area contributed by atoms with Crippen LogP contribution in [0.25, 0.3) is 11.3 Å². The van der Waals surface area contributed by atoms with Gasteiger partial charge in [0, 0.05) is 27.9 Å². The number of thiazole rings is 1. The number of thioether (sulfide) groups is 1. The largest absolute Gasteiger partial charge is 0.497 e. The normalized spacial score (nSPS) is 11.5.